The van der Waals surface area contributed by atoms with Crippen LogP contribution in [0.5, 0.6) is 0 Å². The zero-order chi connectivity index (χ0) is 17.9. The molecule has 6 nitrogen and oxygen atoms in total. The van der Waals surface area contributed by atoms with Crippen molar-refractivity contribution in [1.82, 2.24) is 14.8 Å². The van der Waals surface area contributed by atoms with Gasteiger partial charge in [-0.25, -0.2) is 0 Å². The number of rotatable bonds is 9. The van der Waals surface area contributed by atoms with E-state index >= 15 is 0 Å². The number of hydrogen-bond acceptors (Lipinski definition) is 3. The van der Waals surface area contributed by atoms with Gasteiger partial charge in [-0.3, -0.25) is 4.99 Å². The fraction of sp³-hybridized carbons (Fsp3) is 0.737. The van der Waals surface area contributed by atoms with Crippen molar-refractivity contribution in [2.24, 2.45) is 18.0 Å². The summed E-state index contributed by atoms with van der Waals surface area (Å²) in [5.41, 5.74) is 1.27. The van der Waals surface area contributed by atoms with Crippen LogP contribution >= 0.6 is 24.0 Å². The average Bonchev–Trinajstić information content (AvgIpc) is 3.02. The molecular formula is C19H35IN4O2. The lowest BCUT2D eigenvalue weighted by Crippen LogP contribution is -2.39. The van der Waals surface area contributed by atoms with Crippen LogP contribution in [0.2, 0.25) is 0 Å². The minimum absolute atomic E-state index is 0. The molecule has 0 bridgehead atoms. The highest BCUT2D eigenvalue weighted by Gasteiger charge is 2.13. The molecule has 1 aliphatic heterocycles. The minimum atomic E-state index is 0. The van der Waals surface area contributed by atoms with Crippen LogP contribution in [0, 0.1) is 5.92 Å². The molecule has 26 heavy (non-hydrogen) atoms. The van der Waals surface area contributed by atoms with E-state index < -0.39 is 0 Å². The second kappa shape index (κ2) is 13.4. The SMILES string of the molecule is CCNC(=NCCCOCC1CCOCC1)N(C)Cc1cccn1C.I. The van der Waals surface area contributed by atoms with Gasteiger partial charge in [0.15, 0.2) is 5.96 Å². The summed E-state index contributed by atoms with van der Waals surface area (Å²) in [5, 5.41) is 3.37. The second-order valence-corrected chi connectivity index (χ2v) is 6.69. The van der Waals surface area contributed by atoms with Gasteiger partial charge in [0.25, 0.3) is 0 Å². The Balaban J connectivity index is 0.00000338. The lowest BCUT2D eigenvalue weighted by atomic mass is 10.0. The molecule has 2 rings (SSSR count). The quantitative estimate of drug-likeness (QED) is 0.257. The Morgan fingerprint density at radius 3 is 2.85 bits per heavy atom. The monoisotopic (exact) mass is 478 g/mol. The third kappa shape index (κ3) is 8.26. The Kier molecular flexibility index (Phi) is 12.0. The summed E-state index contributed by atoms with van der Waals surface area (Å²) in [7, 11) is 4.15. The Bertz CT molecular complexity index is 515. The first kappa shape index (κ1) is 23.2. The fourth-order valence-corrected chi connectivity index (χ4v) is 2.96. The van der Waals surface area contributed by atoms with E-state index in [9.17, 15) is 0 Å². The molecule has 0 atom stereocenters. The van der Waals surface area contributed by atoms with Crippen LogP contribution in [0.3, 0.4) is 0 Å². The van der Waals surface area contributed by atoms with Crippen LogP contribution in [0.15, 0.2) is 23.3 Å². The molecule has 150 valence electrons. The molecule has 2 heterocycles. The molecule has 1 saturated heterocycles. The normalized spacial score (nSPS) is 15.6. The fourth-order valence-electron chi connectivity index (χ4n) is 2.96. The van der Waals surface area contributed by atoms with E-state index in [4.69, 9.17) is 14.5 Å². The van der Waals surface area contributed by atoms with Crippen molar-refractivity contribution in [1.29, 1.82) is 0 Å². The van der Waals surface area contributed by atoms with Gasteiger partial charge in [-0.05, 0) is 44.2 Å². The number of hydrogen-bond donors (Lipinski definition) is 1. The molecule has 0 unspecified atom stereocenters. The maximum atomic E-state index is 5.81. The number of aryl methyl sites for hydroxylation is 1. The number of ether oxygens (including phenoxy) is 2. The largest absolute Gasteiger partial charge is 0.381 e. The third-order valence-electron chi connectivity index (χ3n) is 4.55. The van der Waals surface area contributed by atoms with Gasteiger partial charge in [-0.2, -0.15) is 0 Å². The molecule has 0 aliphatic carbocycles. The molecule has 0 aromatic carbocycles. The topological polar surface area (TPSA) is 51.0 Å². The zero-order valence-electron chi connectivity index (χ0n) is 16.4. The smallest absolute Gasteiger partial charge is 0.194 e. The van der Waals surface area contributed by atoms with Crippen molar-refractivity contribution in [2.45, 2.75) is 32.7 Å². The van der Waals surface area contributed by atoms with E-state index in [0.717, 1.165) is 71.3 Å². The van der Waals surface area contributed by atoms with Crippen molar-refractivity contribution < 1.29 is 9.47 Å². The van der Waals surface area contributed by atoms with E-state index in [-0.39, 0.29) is 24.0 Å². The van der Waals surface area contributed by atoms with Crippen molar-refractivity contribution in [3.8, 4) is 0 Å². The summed E-state index contributed by atoms with van der Waals surface area (Å²) in [6, 6.07) is 4.22. The first-order valence-electron chi connectivity index (χ1n) is 9.45. The molecule has 1 fully saturated rings. The third-order valence-corrected chi connectivity index (χ3v) is 4.55. The summed E-state index contributed by atoms with van der Waals surface area (Å²) in [4.78, 5) is 6.90. The Morgan fingerprint density at radius 1 is 1.42 bits per heavy atom. The van der Waals surface area contributed by atoms with Gasteiger partial charge in [0, 0.05) is 65.5 Å². The van der Waals surface area contributed by atoms with Crippen LogP contribution < -0.4 is 5.32 Å². The maximum absolute atomic E-state index is 5.81. The summed E-state index contributed by atoms with van der Waals surface area (Å²) < 4.78 is 13.3. The van der Waals surface area contributed by atoms with Crippen molar-refractivity contribution >= 4 is 29.9 Å². The highest BCUT2D eigenvalue weighted by atomic mass is 127. The Labute approximate surface area is 175 Å². The molecule has 1 aromatic heterocycles. The highest BCUT2D eigenvalue weighted by molar-refractivity contribution is 14.0. The highest BCUT2D eigenvalue weighted by Crippen LogP contribution is 2.14. The molecule has 0 spiro atoms. The van der Waals surface area contributed by atoms with Gasteiger partial charge in [0.05, 0.1) is 6.54 Å². The molecule has 1 aliphatic rings. The zero-order valence-corrected chi connectivity index (χ0v) is 18.8. The van der Waals surface area contributed by atoms with Crippen molar-refractivity contribution in [2.75, 3.05) is 46.6 Å². The Morgan fingerprint density at radius 2 is 2.19 bits per heavy atom. The molecule has 7 heteroatoms. The van der Waals surface area contributed by atoms with E-state index in [0.29, 0.717) is 5.92 Å². The van der Waals surface area contributed by atoms with Crippen LogP contribution in [0.1, 0.15) is 31.9 Å². The van der Waals surface area contributed by atoms with Crippen LogP contribution in [0.4, 0.5) is 0 Å². The minimum Gasteiger partial charge on any atom is -0.381 e. The standard InChI is InChI=1S/C19H34N4O2.HI/c1-4-20-19(23(3)15-18-7-5-11-22(18)2)21-10-6-12-25-16-17-8-13-24-14-9-17;/h5,7,11,17H,4,6,8-10,12-16H2,1-3H3,(H,20,21);1H. The maximum Gasteiger partial charge on any atom is 0.194 e. The molecule has 1 N–H and O–H groups in total. The summed E-state index contributed by atoms with van der Waals surface area (Å²) in [6.07, 6.45) is 5.29. The first-order valence-corrected chi connectivity index (χ1v) is 9.45. The number of guanidine groups is 1. The Hall–Kier alpha value is -0.800. The van der Waals surface area contributed by atoms with E-state index in [1.165, 1.54) is 5.69 Å². The van der Waals surface area contributed by atoms with E-state index in [1.54, 1.807) is 0 Å². The van der Waals surface area contributed by atoms with Gasteiger partial charge >= 0.3 is 0 Å². The number of aliphatic imine (C=N–C) groups is 1. The van der Waals surface area contributed by atoms with Gasteiger partial charge in [0.1, 0.15) is 0 Å². The summed E-state index contributed by atoms with van der Waals surface area (Å²) in [5.74, 6) is 1.62. The van der Waals surface area contributed by atoms with E-state index in [2.05, 4.69) is 54.1 Å². The van der Waals surface area contributed by atoms with Gasteiger partial charge in [-0.15, -0.1) is 24.0 Å². The number of halogens is 1. The summed E-state index contributed by atoms with van der Waals surface area (Å²) in [6.45, 7) is 8.01. The van der Waals surface area contributed by atoms with Crippen molar-refractivity contribution in [3.05, 3.63) is 24.0 Å². The first-order chi connectivity index (χ1) is 12.2. The average molecular weight is 478 g/mol. The molecule has 0 saturated carbocycles. The predicted molar refractivity (Wildman–Crippen MR) is 117 cm³/mol. The van der Waals surface area contributed by atoms with Crippen molar-refractivity contribution in [3.63, 3.8) is 0 Å². The second-order valence-electron chi connectivity index (χ2n) is 6.69. The van der Waals surface area contributed by atoms with Gasteiger partial charge < -0.3 is 24.3 Å². The lowest BCUT2D eigenvalue weighted by Gasteiger charge is -2.22. The lowest BCUT2D eigenvalue weighted by molar-refractivity contribution is 0.0205. The molecule has 0 amide bonds. The van der Waals surface area contributed by atoms with Gasteiger partial charge in [-0.1, -0.05) is 0 Å². The number of aromatic nitrogens is 1. The molecular weight excluding hydrogens is 443 g/mol. The summed E-state index contributed by atoms with van der Waals surface area (Å²) >= 11 is 0. The molecule has 0 radical (unpaired) electrons. The molecule has 1 aromatic rings. The van der Waals surface area contributed by atoms with Crippen LogP contribution in [0.25, 0.3) is 0 Å². The number of nitrogens with zero attached hydrogens (tertiary/aromatic N) is 3. The van der Waals surface area contributed by atoms with Crippen LogP contribution in [-0.2, 0) is 23.1 Å². The van der Waals surface area contributed by atoms with E-state index in [1.807, 2.05) is 0 Å². The number of nitrogens with one attached hydrogen (secondary N) is 1. The van der Waals surface area contributed by atoms with Gasteiger partial charge in [0.2, 0.25) is 0 Å². The predicted octanol–water partition coefficient (Wildman–Crippen LogP) is 2.87. The van der Waals surface area contributed by atoms with Crippen LogP contribution in [-0.4, -0.2) is 62.0 Å².